The smallest absolute Gasteiger partial charge is 0.336 e. The van der Waals surface area contributed by atoms with Crippen molar-refractivity contribution in [1.82, 2.24) is 14.4 Å². The van der Waals surface area contributed by atoms with E-state index in [2.05, 4.69) is 10.1 Å². The number of sulfonamides is 1. The van der Waals surface area contributed by atoms with Crippen molar-refractivity contribution < 1.29 is 22.8 Å². The summed E-state index contributed by atoms with van der Waals surface area (Å²) in [6, 6.07) is 1.38. The van der Waals surface area contributed by atoms with Crippen molar-refractivity contribution in [3.8, 4) is 0 Å². The number of fused-ring (bicyclic) bond motifs is 1. The van der Waals surface area contributed by atoms with E-state index >= 15 is 0 Å². The molecule has 0 bridgehead atoms. The standard InChI is InChI=1S/C14H15N3O5S/c1-8-13(9(2)22-16-8)23(20,21)17-6-4-12-11(7-17)10(14(18)19)3-5-15-12/h3,5H,4,6-7H2,1-2H3,(H,18,19). The van der Waals surface area contributed by atoms with Gasteiger partial charge < -0.3 is 9.63 Å². The van der Waals surface area contributed by atoms with Crippen LogP contribution in [0.3, 0.4) is 0 Å². The maximum atomic E-state index is 12.8. The predicted molar refractivity (Wildman–Crippen MR) is 78.5 cm³/mol. The highest BCUT2D eigenvalue weighted by molar-refractivity contribution is 7.89. The third kappa shape index (κ3) is 2.51. The Balaban J connectivity index is 2.04. The molecule has 0 amide bonds. The number of aryl methyl sites for hydroxylation is 2. The minimum atomic E-state index is -3.81. The molecule has 9 heteroatoms. The lowest BCUT2D eigenvalue weighted by atomic mass is 10.0. The average Bonchev–Trinajstić information content (AvgIpc) is 2.85. The molecule has 0 fully saturated rings. The number of hydrogen-bond acceptors (Lipinski definition) is 6. The second kappa shape index (κ2) is 5.43. The van der Waals surface area contributed by atoms with Crippen LogP contribution in [-0.4, -0.2) is 40.5 Å². The van der Waals surface area contributed by atoms with Gasteiger partial charge in [-0.15, -0.1) is 0 Å². The Morgan fingerprint density at radius 2 is 2.13 bits per heavy atom. The van der Waals surface area contributed by atoms with Crippen molar-refractivity contribution in [2.24, 2.45) is 0 Å². The minimum absolute atomic E-state index is 0.0306. The van der Waals surface area contributed by atoms with Gasteiger partial charge in [0.15, 0.2) is 5.76 Å². The molecule has 23 heavy (non-hydrogen) atoms. The van der Waals surface area contributed by atoms with Gasteiger partial charge in [0, 0.05) is 37.0 Å². The number of carboxylic acids is 1. The molecule has 0 aliphatic carbocycles. The summed E-state index contributed by atoms with van der Waals surface area (Å²) in [5, 5.41) is 13.0. The molecule has 1 aliphatic rings. The Morgan fingerprint density at radius 1 is 1.39 bits per heavy atom. The van der Waals surface area contributed by atoms with Crippen molar-refractivity contribution >= 4 is 16.0 Å². The van der Waals surface area contributed by atoms with Crippen LogP contribution in [0.15, 0.2) is 21.7 Å². The lowest BCUT2D eigenvalue weighted by Gasteiger charge is -2.28. The molecule has 8 nitrogen and oxygen atoms in total. The minimum Gasteiger partial charge on any atom is -0.478 e. The van der Waals surface area contributed by atoms with E-state index in [0.717, 1.165) is 0 Å². The van der Waals surface area contributed by atoms with Crippen LogP contribution in [0.2, 0.25) is 0 Å². The van der Waals surface area contributed by atoms with Gasteiger partial charge in [0.05, 0.1) is 5.56 Å². The second-order valence-electron chi connectivity index (χ2n) is 5.33. The van der Waals surface area contributed by atoms with E-state index in [1.54, 1.807) is 6.92 Å². The number of nitrogens with zero attached hydrogens (tertiary/aromatic N) is 3. The first-order valence-corrected chi connectivity index (χ1v) is 8.39. The Bertz CT molecular complexity index is 868. The van der Waals surface area contributed by atoms with Gasteiger partial charge in [0.25, 0.3) is 0 Å². The van der Waals surface area contributed by atoms with Crippen LogP contribution in [0, 0.1) is 13.8 Å². The highest BCUT2D eigenvalue weighted by atomic mass is 32.2. The summed E-state index contributed by atoms with van der Waals surface area (Å²) in [7, 11) is -3.81. The van der Waals surface area contributed by atoms with Crippen LogP contribution in [0.25, 0.3) is 0 Å². The van der Waals surface area contributed by atoms with Gasteiger partial charge in [-0.1, -0.05) is 5.16 Å². The topological polar surface area (TPSA) is 114 Å². The lowest BCUT2D eigenvalue weighted by Crippen LogP contribution is -2.37. The zero-order chi connectivity index (χ0) is 16.8. The van der Waals surface area contributed by atoms with Crippen molar-refractivity contribution in [2.75, 3.05) is 6.54 Å². The second-order valence-corrected chi connectivity index (χ2v) is 7.21. The molecule has 0 unspecified atom stereocenters. The largest absolute Gasteiger partial charge is 0.478 e. The molecule has 122 valence electrons. The monoisotopic (exact) mass is 337 g/mol. The lowest BCUT2D eigenvalue weighted by molar-refractivity contribution is 0.0694. The van der Waals surface area contributed by atoms with E-state index < -0.39 is 16.0 Å². The fourth-order valence-electron chi connectivity index (χ4n) is 2.79. The number of hydrogen-bond donors (Lipinski definition) is 1. The molecule has 3 rings (SSSR count). The number of pyridine rings is 1. The van der Waals surface area contributed by atoms with Crippen LogP contribution in [-0.2, 0) is 23.0 Å². The zero-order valence-electron chi connectivity index (χ0n) is 12.6. The molecule has 0 saturated carbocycles. The third-order valence-corrected chi connectivity index (χ3v) is 5.96. The normalized spacial score (nSPS) is 15.4. The summed E-state index contributed by atoms with van der Waals surface area (Å²) in [5.41, 5.74) is 1.42. The quantitative estimate of drug-likeness (QED) is 0.893. The molecule has 1 aliphatic heterocycles. The Hall–Kier alpha value is -2.26. The molecule has 0 spiro atoms. The summed E-state index contributed by atoms with van der Waals surface area (Å²) in [6.07, 6.45) is 1.79. The summed E-state index contributed by atoms with van der Waals surface area (Å²) in [6.45, 7) is 3.30. The Morgan fingerprint density at radius 3 is 2.74 bits per heavy atom. The Labute approximate surface area is 132 Å². The first kappa shape index (κ1) is 15.6. The summed E-state index contributed by atoms with van der Waals surface area (Å²) in [4.78, 5) is 15.5. The van der Waals surface area contributed by atoms with E-state index in [0.29, 0.717) is 17.7 Å². The van der Waals surface area contributed by atoms with E-state index in [1.165, 1.54) is 23.5 Å². The number of aromatic carboxylic acids is 1. The van der Waals surface area contributed by atoms with Crippen molar-refractivity contribution in [3.05, 3.63) is 40.5 Å². The van der Waals surface area contributed by atoms with Gasteiger partial charge in [-0.05, 0) is 19.9 Å². The predicted octanol–water partition coefficient (Wildman–Crippen LogP) is 1.13. The van der Waals surface area contributed by atoms with Gasteiger partial charge in [-0.2, -0.15) is 4.31 Å². The molecule has 0 saturated heterocycles. The maximum Gasteiger partial charge on any atom is 0.336 e. The third-order valence-electron chi connectivity index (χ3n) is 3.87. The van der Waals surface area contributed by atoms with Gasteiger partial charge in [-0.25, -0.2) is 13.2 Å². The van der Waals surface area contributed by atoms with E-state index in [1.807, 2.05) is 0 Å². The molecular formula is C14H15N3O5S. The number of carbonyl (C=O) groups is 1. The van der Waals surface area contributed by atoms with Crippen LogP contribution < -0.4 is 0 Å². The maximum absolute atomic E-state index is 12.8. The van der Waals surface area contributed by atoms with Gasteiger partial charge >= 0.3 is 5.97 Å². The fourth-order valence-corrected chi connectivity index (χ4v) is 4.49. The van der Waals surface area contributed by atoms with Crippen LogP contribution in [0.5, 0.6) is 0 Å². The first-order chi connectivity index (χ1) is 10.8. The fraction of sp³-hybridized carbons (Fsp3) is 0.357. The zero-order valence-corrected chi connectivity index (χ0v) is 13.4. The molecule has 0 aromatic carbocycles. The van der Waals surface area contributed by atoms with E-state index in [4.69, 9.17) is 4.52 Å². The molecule has 3 heterocycles. The number of rotatable bonds is 3. The summed E-state index contributed by atoms with van der Waals surface area (Å²) < 4.78 is 31.9. The molecule has 2 aromatic heterocycles. The SMILES string of the molecule is Cc1noc(C)c1S(=O)(=O)N1CCc2nccc(C(=O)O)c2C1. The van der Waals surface area contributed by atoms with Crippen molar-refractivity contribution in [3.63, 3.8) is 0 Å². The van der Waals surface area contributed by atoms with Crippen LogP contribution in [0.1, 0.15) is 33.1 Å². The van der Waals surface area contributed by atoms with E-state index in [9.17, 15) is 18.3 Å². The molecule has 0 radical (unpaired) electrons. The molecule has 1 N–H and O–H groups in total. The molecular weight excluding hydrogens is 322 g/mol. The van der Waals surface area contributed by atoms with Gasteiger partial charge in [-0.3, -0.25) is 4.98 Å². The number of carboxylic acid groups (broad SMARTS) is 1. The van der Waals surface area contributed by atoms with Gasteiger partial charge in [0.1, 0.15) is 10.6 Å². The number of aromatic nitrogens is 2. The molecule has 2 aromatic rings. The Kier molecular flexibility index (Phi) is 3.69. The van der Waals surface area contributed by atoms with Crippen LogP contribution in [0.4, 0.5) is 0 Å². The van der Waals surface area contributed by atoms with Gasteiger partial charge in [0.2, 0.25) is 10.0 Å². The van der Waals surface area contributed by atoms with Crippen LogP contribution >= 0.6 is 0 Å². The average molecular weight is 337 g/mol. The van der Waals surface area contributed by atoms with Crippen molar-refractivity contribution in [1.29, 1.82) is 0 Å². The van der Waals surface area contributed by atoms with E-state index in [-0.39, 0.29) is 35.0 Å². The highest BCUT2D eigenvalue weighted by Crippen LogP contribution is 2.29. The molecule has 0 atom stereocenters. The summed E-state index contributed by atoms with van der Waals surface area (Å²) in [5.74, 6) is -0.877. The first-order valence-electron chi connectivity index (χ1n) is 6.95. The van der Waals surface area contributed by atoms with Crippen molar-refractivity contribution in [2.45, 2.75) is 31.7 Å². The summed E-state index contributed by atoms with van der Waals surface area (Å²) >= 11 is 0. The highest BCUT2D eigenvalue weighted by Gasteiger charge is 2.34.